The van der Waals surface area contributed by atoms with Crippen molar-refractivity contribution in [1.82, 2.24) is 5.32 Å². The van der Waals surface area contributed by atoms with Crippen LogP contribution in [0, 0.1) is 11.3 Å². The van der Waals surface area contributed by atoms with Crippen molar-refractivity contribution in [2.24, 2.45) is 0 Å². The molecule has 0 aliphatic heterocycles. The van der Waals surface area contributed by atoms with Crippen LogP contribution in [0.4, 0.5) is 0 Å². The Morgan fingerprint density at radius 1 is 1.86 bits per heavy atom. The van der Waals surface area contributed by atoms with E-state index in [0.717, 1.165) is 6.42 Å². The summed E-state index contributed by atoms with van der Waals surface area (Å²) in [6.07, 6.45) is 0.882. The van der Waals surface area contributed by atoms with Gasteiger partial charge in [-0.15, -0.1) is 0 Å². The van der Waals surface area contributed by atoms with E-state index in [1.165, 1.54) is 0 Å². The molecule has 1 N–H and O–H groups in total. The zero-order chi connectivity index (χ0) is 5.70. The van der Waals surface area contributed by atoms with E-state index in [2.05, 4.69) is 11.4 Å². The van der Waals surface area contributed by atoms with E-state index >= 15 is 0 Å². The molecule has 0 aliphatic rings. The lowest BCUT2D eigenvalue weighted by Crippen LogP contribution is -2.21. The van der Waals surface area contributed by atoms with Crippen LogP contribution in [-0.4, -0.2) is 13.1 Å². The Labute approximate surface area is 44.1 Å². The number of nitriles is 1. The predicted molar refractivity (Wildman–Crippen MR) is 28.8 cm³/mol. The van der Waals surface area contributed by atoms with E-state index in [-0.39, 0.29) is 6.04 Å². The molecule has 0 heterocycles. The minimum absolute atomic E-state index is 0.0417. The van der Waals surface area contributed by atoms with Gasteiger partial charge in [-0.1, -0.05) is 6.92 Å². The Hall–Kier alpha value is -0.550. The quantitative estimate of drug-likeness (QED) is 0.546. The smallest absolute Gasteiger partial charge is 0.0947 e. The molecule has 0 aromatic carbocycles. The molecule has 0 saturated carbocycles. The third-order valence-electron chi connectivity index (χ3n) is 0.913. The van der Waals surface area contributed by atoms with Crippen molar-refractivity contribution in [3.05, 3.63) is 0 Å². The third-order valence-corrected chi connectivity index (χ3v) is 0.913. The Balaban J connectivity index is 3.23. The van der Waals surface area contributed by atoms with Crippen LogP contribution in [0.1, 0.15) is 13.3 Å². The van der Waals surface area contributed by atoms with Crippen LogP contribution in [0.25, 0.3) is 0 Å². The molecule has 0 rings (SSSR count). The van der Waals surface area contributed by atoms with Gasteiger partial charge in [0.1, 0.15) is 0 Å². The van der Waals surface area contributed by atoms with Gasteiger partial charge in [0.25, 0.3) is 0 Å². The SMILES string of the molecule is CC[C@@H](C#N)NC. The highest BCUT2D eigenvalue weighted by Gasteiger charge is 1.94. The monoisotopic (exact) mass is 98.1 g/mol. The first-order valence-corrected chi connectivity index (χ1v) is 2.42. The summed E-state index contributed by atoms with van der Waals surface area (Å²) in [5, 5.41) is 11.1. The Kier molecular flexibility index (Phi) is 3.35. The first-order valence-electron chi connectivity index (χ1n) is 2.42. The summed E-state index contributed by atoms with van der Waals surface area (Å²) in [6.45, 7) is 1.98. The maximum atomic E-state index is 8.21. The van der Waals surface area contributed by atoms with Gasteiger partial charge in [-0.2, -0.15) is 5.26 Å². The van der Waals surface area contributed by atoms with Gasteiger partial charge < -0.3 is 5.32 Å². The van der Waals surface area contributed by atoms with Gasteiger partial charge in [0, 0.05) is 0 Å². The summed E-state index contributed by atoms with van der Waals surface area (Å²) >= 11 is 0. The zero-order valence-electron chi connectivity index (χ0n) is 4.73. The number of nitrogens with zero attached hydrogens (tertiary/aromatic N) is 1. The van der Waals surface area contributed by atoms with E-state index in [9.17, 15) is 0 Å². The molecule has 0 unspecified atom stereocenters. The minimum atomic E-state index is 0.0417. The molecular weight excluding hydrogens is 88.1 g/mol. The summed E-state index contributed by atoms with van der Waals surface area (Å²) in [4.78, 5) is 0. The maximum Gasteiger partial charge on any atom is 0.0947 e. The zero-order valence-corrected chi connectivity index (χ0v) is 4.73. The minimum Gasteiger partial charge on any atom is -0.305 e. The average molecular weight is 98.1 g/mol. The van der Waals surface area contributed by atoms with Gasteiger partial charge >= 0.3 is 0 Å². The third kappa shape index (κ3) is 2.18. The van der Waals surface area contributed by atoms with Crippen molar-refractivity contribution >= 4 is 0 Å². The lowest BCUT2D eigenvalue weighted by molar-refractivity contribution is 0.659. The van der Waals surface area contributed by atoms with Crippen molar-refractivity contribution in [2.45, 2.75) is 19.4 Å². The van der Waals surface area contributed by atoms with Gasteiger partial charge in [0.15, 0.2) is 0 Å². The Morgan fingerprint density at radius 2 is 2.43 bits per heavy atom. The van der Waals surface area contributed by atoms with Crippen LogP contribution in [0.15, 0.2) is 0 Å². The van der Waals surface area contributed by atoms with Crippen LogP contribution >= 0.6 is 0 Å². The molecular formula is C5H10N2. The van der Waals surface area contributed by atoms with Crippen molar-refractivity contribution < 1.29 is 0 Å². The fourth-order valence-electron chi connectivity index (χ4n) is 0.360. The van der Waals surface area contributed by atoms with E-state index < -0.39 is 0 Å². The summed E-state index contributed by atoms with van der Waals surface area (Å²) in [5.74, 6) is 0. The van der Waals surface area contributed by atoms with Crippen molar-refractivity contribution in [3.63, 3.8) is 0 Å². The van der Waals surface area contributed by atoms with Gasteiger partial charge in [0.05, 0.1) is 12.1 Å². The standard InChI is InChI=1S/C5H10N2/c1-3-5(4-6)7-2/h5,7H,3H2,1-2H3/t5-/m0/s1. The molecule has 0 amide bonds. The van der Waals surface area contributed by atoms with E-state index in [0.29, 0.717) is 0 Å². The molecule has 0 aliphatic carbocycles. The second-order valence-electron chi connectivity index (χ2n) is 1.38. The number of hydrogen-bond acceptors (Lipinski definition) is 2. The maximum absolute atomic E-state index is 8.21. The van der Waals surface area contributed by atoms with Gasteiger partial charge in [-0.05, 0) is 13.5 Å². The number of rotatable bonds is 2. The summed E-state index contributed by atoms with van der Waals surface area (Å²) in [5.41, 5.74) is 0. The highest BCUT2D eigenvalue weighted by Crippen LogP contribution is 1.82. The predicted octanol–water partition coefficient (Wildman–Crippen LogP) is 0.508. The normalized spacial score (nSPS) is 12.7. The van der Waals surface area contributed by atoms with Gasteiger partial charge in [-0.3, -0.25) is 0 Å². The first-order chi connectivity index (χ1) is 3.35. The number of nitrogens with one attached hydrogen (secondary N) is 1. The summed E-state index contributed by atoms with van der Waals surface area (Å²) in [6, 6.07) is 2.13. The average Bonchev–Trinajstić information content (AvgIpc) is 1.72. The molecule has 7 heavy (non-hydrogen) atoms. The first kappa shape index (κ1) is 6.45. The molecule has 0 saturated heterocycles. The fraction of sp³-hybridized carbons (Fsp3) is 0.800. The van der Waals surface area contributed by atoms with E-state index in [1.54, 1.807) is 7.05 Å². The molecule has 0 aromatic heterocycles. The molecule has 0 fully saturated rings. The van der Waals surface area contributed by atoms with Gasteiger partial charge in [-0.25, -0.2) is 0 Å². The van der Waals surface area contributed by atoms with Crippen molar-refractivity contribution in [3.8, 4) is 6.07 Å². The molecule has 1 atom stereocenters. The van der Waals surface area contributed by atoms with Gasteiger partial charge in [0.2, 0.25) is 0 Å². The van der Waals surface area contributed by atoms with E-state index in [1.807, 2.05) is 6.92 Å². The van der Waals surface area contributed by atoms with Crippen LogP contribution in [0.3, 0.4) is 0 Å². The Bertz CT molecular complexity index is 68.6. The largest absolute Gasteiger partial charge is 0.305 e. The van der Waals surface area contributed by atoms with Crippen LogP contribution in [0.2, 0.25) is 0 Å². The summed E-state index contributed by atoms with van der Waals surface area (Å²) < 4.78 is 0. The highest BCUT2D eigenvalue weighted by molar-refractivity contribution is 4.86. The summed E-state index contributed by atoms with van der Waals surface area (Å²) in [7, 11) is 1.79. The number of hydrogen-bond donors (Lipinski definition) is 1. The molecule has 0 bridgehead atoms. The molecule has 0 radical (unpaired) electrons. The lowest BCUT2D eigenvalue weighted by atomic mass is 10.3. The highest BCUT2D eigenvalue weighted by atomic mass is 14.9. The molecule has 0 aromatic rings. The second-order valence-corrected chi connectivity index (χ2v) is 1.38. The van der Waals surface area contributed by atoms with Crippen LogP contribution in [0.5, 0.6) is 0 Å². The fourth-order valence-corrected chi connectivity index (χ4v) is 0.360. The van der Waals surface area contributed by atoms with Crippen molar-refractivity contribution in [2.75, 3.05) is 7.05 Å². The Morgan fingerprint density at radius 3 is 2.43 bits per heavy atom. The molecule has 40 valence electrons. The second kappa shape index (κ2) is 3.63. The molecule has 2 nitrogen and oxygen atoms in total. The van der Waals surface area contributed by atoms with Crippen LogP contribution in [-0.2, 0) is 0 Å². The van der Waals surface area contributed by atoms with E-state index in [4.69, 9.17) is 5.26 Å². The molecule has 2 heteroatoms. The van der Waals surface area contributed by atoms with Crippen molar-refractivity contribution in [1.29, 1.82) is 5.26 Å². The lowest BCUT2D eigenvalue weighted by Gasteiger charge is -1.98. The molecule has 0 spiro atoms. The topological polar surface area (TPSA) is 35.8 Å². The van der Waals surface area contributed by atoms with Crippen LogP contribution < -0.4 is 5.32 Å².